The molecule has 0 unspecified atom stereocenters. The summed E-state index contributed by atoms with van der Waals surface area (Å²) in [6.45, 7) is 4.41. The smallest absolute Gasteiger partial charge is 0.208 e. The van der Waals surface area contributed by atoms with Crippen molar-refractivity contribution in [3.05, 3.63) is 28.8 Å². The first kappa shape index (κ1) is 16.3. The molecule has 1 aliphatic carbocycles. The van der Waals surface area contributed by atoms with E-state index in [1.165, 1.54) is 18.2 Å². The SMILES string of the molecule is CC1(C)CCC(NS(=O)(=O)c2ccc(C#N)c(Cl)c2)CC1. The Labute approximate surface area is 131 Å². The molecule has 0 spiro atoms. The third-order valence-electron chi connectivity index (χ3n) is 4.03. The predicted molar refractivity (Wildman–Crippen MR) is 82.5 cm³/mol. The van der Waals surface area contributed by atoms with Gasteiger partial charge in [-0.05, 0) is 49.3 Å². The van der Waals surface area contributed by atoms with Crippen molar-refractivity contribution < 1.29 is 8.42 Å². The minimum atomic E-state index is -3.59. The van der Waals surface area contributed by atoms with E-state index in [0.717, 1.165) is 25.7 Å². The van der Waals surface area contributed by atoms with E-state index in [0.29, 0.717) is 5.41 Å². The number of sulfonamides is 1. The van der Waals surface area contributed by atoms with Gasteiger partial charge in [0.05, 0.1) is 15.5 Å². The van der Waals surface area contributed by atoms with E-state index in [4.69, 9.17) is 16.9 Å². The molecule has 21 heavy (non-hydrogen) atoms. The van der Waals surface area contributed by atoms with Gasteiger partial charge in [0.1, 0.15) is 6.07 Å². The van der Waals surface area contributed by atoms with Crippen molar-refractivity contribution in [3.63, 3.8) is 0 Å². The van der Waals surface area contributed by atoms with E-state index >= 15 is 0 Å². The largest absolute Gasteiger partial charge is 0.240 e. The van der Waals surface area contributed by atoms with Crippen LogP contribution in [0.25, 0.3) is 0 Å². The highest BCUT2D eigenvalue weighted by molar-refractivity contribution is 7.89. The quantitative estimate of drug-likeness (QED) is 0.924. The van der Waals surface area contributed by atoms with Crippen LogP contribution in [0.3, 0.4) is 0 Å². The van der Waals surface area contributed by atoms with E-state index in [1.54, 1.807) is 0 Å². The van der Waals surface area contributed by atoms with Gasteiger partial charge in [0.25, 0.3) is 0 Å². The number of halogens is 1. The van der Waals surface area contributed by atoms with Gasteiger partial charge in [0.15, 0.2) is 0 Å². The number of hydrogen-bond donors (Lipinski definition) is 1. The highest BCUT2D eigenvalue weighted by Gasteiger charge is 2.29. The fourth-order valence-electron chi connectivity index (χ4n) is 2.56. The zero-order valence-corrected chi connectivity index (χ0v) is 13.8. The molecule has 2 rings (SSSR count). The summed E-state index contributed by atoms with van der Waals surface area (Å²) < 4.78 is 27.5. The molecule has 0 heterocycles. The molecule has 0 aromatic heterocycles. The highest BCUT2D eigenvalue weighted by atomic mass is 35.5. The van der Waals surface area contributed by atoms with Crippen LogP contribution in [0.4, 0.5) is 0 Å². The lowest BCUT2D eigenvalue weighted by Crippen LogP contribution is -2.39. The molecule has 1 aliphatic rings. The Hall–Kier alpha value is -1.09. The van der Waals surface area contributed by atoms with Gasteiger partial charge in [-0.3, -0.25) is 0 Å². The van der Waals surface area contributed by atoms with Gasteiger partial charge in [-0.15, -0.1) is 0 Å². The Balaban J connectivity index is 2.13. The first-order valence-electron chi connectivity index (χ1n) is 6.95. The molecule has 6 heteroatoms. The average molecular weight is 327 g/mol. The van der Waals surface area contributed by atoms with Crippen molar-refractivity contribution in [3.8, 4) is 6.07 Å². The van der Waals surface area contributed by atoms with Gasteiger partial charge in [-0.1, -0.05) is 25.4 Å². The summed E-state index contributed by atoms with van der Waals surface area (Å²) in [5.74, 6) is 0. The van der Waals surface area contributed by atoms with Crippen LogP contribution >= 0.6 is 11.6 Å². The maximum absolute atomic E-state index is 12.4. The Morgan fingerprint density at radius 2 is 1.95 bits per heavy atom. The van der Waals surface area contributed by atoms with Gasteiger partial charge >= 0.3 is 0 Å². The number of nitrogens with zero attached hydrogens (tertiary/aromatic N) is 1. The van der Waals surface area contributed by atoms with Gasteiger partial charge in [-0.2, -0.15) is 5.26 Å². The fraction of sp³-hybridized carbons (Fsp3) is 0.533. The molecule has 0 aliphatic heterocycles. The molecular formula is C15H19ClN2O2S. The van der Waals surface area contributed by atoms with Crippen LogP contribution in [0, 0.1) is 16.7 Å². The Morgan fingerprint density at radius 3 is 2.48 bits per heavy atom. The minimum Gasteiger partial charge on any atom is -0.208 e. The zero-order chi connectivity index (χ0) is 15.7. The number of nitrogens with one attached hydrogen (secondary N) is 1. The lowest BCUT2D eigenvalue weighted by Gasteiger charge is -2.34. The molecule has 1 aromatic rings. The summed E-state index contributed by atoms with van der Waals surface area (Å²) in [6, 6.07) is 6.06. The van der Waals surface area contributed by atoms with Crippen molar-refractivity contribution in [2.45, 2.75) is 50.5 Å². The second-order valence-corrected chi connectivity index (χ2v) is 8.43. The number of hydrogen-bond acceptors (Lipinski definition) is 3. The average Bonchev–Trinajstić information content (AvgIpc) is 2.41. The Morgan fingerprint density at radius 1 is 1.33 bits per heavy atom. The van der Waals surface area contributed by atoms with Gasteiger partial charge < -0.3 is 0 Å². The minimum absolute atomic E-state index is 0.0301. The third kappa shape index (κ3) is 3.97. The zero-order valence-electron chi connectivity index (χ0n) is 12.2. The summed E-state index contributed by atoms with van der Waals surface area (Å²) >= 11 is 5.90. The molecular weight excluding hydrogens is 308 g/mol. The molecule has 0 amide bonds. The highest BCUT2D eigenvalue weighted by Crippen LogP contribution is 2.35. The Bertz CT molecular complexity index is 667. The maximum atomic E-state index is 12.4. The predicted octanol–water partition coefficient (Wildman–Crippen LogP) is 3.46. The van der Waals surface area contributed by atoms with Crippen LogP contribution in [-0.4, -0.2) is 14.5 Å². The van der Waals surface area contributed by atoms with Crippen molar-refractivity contribution in [2.24, 2.45) is 5.41 Å². The number of nitriles is 1. The van der Waals surface area contributed by atoms with Crippen molar-refractivity contribution >= 4 is 21.6 Å². The summed E-state index contributed by atoms with van der Waals surface area (Å²) in [7, 11) is -3.59. The Kier molecular flexibility index (Phi) is 4.62. The first-order valence-corrected chi connectivity index (χ1v) is 8.82. The molecule has 0 bridgehead atoms. The van der Waals surface area contributed by atoms with Crippen LogP contribution in [0.1, 0.15) is 45.1 Å². The van der Waals surface area contributed by atoms with Crippen LogP contribution < -0.4 is 4.72 Å². The van der Waals surface area contributed by atoms with Gasteiger partial charge in [-0.25, -0.2) is 13.1 Å². The van der Waals surface area contributed by atoms with E-state index in [9.17, 15) is 8.42 Å². The second-order valence-electron chi connectivity index (χ2n) is 6.31. The van der Waals surface area contributed by atoms with Crippen LogP contribution in [0.15, 0.2) is 23.1 Å². The number of benzene rings is 1. The molecule has 1 saturated carbocycles. The first-order chi connectivity index (χ1) is 9.73. The molecule has 0 radical (unpaired) electrons. The van der Waals surface area contributed by atoms with Crippen LogP contribution in [-0.2, 0) is 10.0 Å². The van der Waals surface area contributed by atoms with Crippen LogP contribution in [0.2, 0.25) is 5.02 Å². The summed E-state index contributed by atoms with van der Waals surface area (Å²) in [6.07, 6.45) is 3.70. The molecule has 1 aromatic carbocycles. The third-order valence-corrected chi connectivity index (χ3v) is 5.86. The standard InChI is InChI=1S/C15H19ClN2O2S/c1-15(2)7-5-12(6-8-15)18-21(19,20)13-4-3-11(10-17)14(16)9-13/h3-4,9,12,18H,5-8H2,1-2H3. The molecule has 0 atom stereocenters. The maximum Gasteiger partial charge on any atom is 0.240 e. The summed E-state index contributed by atoms with van der Waals surface area (Å²) in [5.41, 5.74) is 0.565. The van der Waals surface area contributed by atoms with Crippen molar-refractivity contribution in [1.82, 2.24) is 4.72 Å². The van der Waals surface area contributed by atoms with Crippen molar-refractivity contribution in [2.75, 3.05) is 0 Å². The fourth-order valence-corrected chi connectivity index (χ4v) is 4.18. The lowest BCUT2D eigenvalue weighted by molar-refractivity contribution is 0.218. The molecule has 0 saturated heterocycles. The number of rotatable bonds is 3. The molecule has 1 fully saturated rings. The lowest BCUT2D eigenvalue weighted by atomic mass is 9.76. The van der Waals surface area contributed by atoms with E-state index in [-0.39, 0.29) is 21.5 Å². The molecule has 1 N–H and O–H groups in total. The van der Waals surface area contributed by atoms with E-state index < -0.39 is 10.0 Å². The molecule has 114 valence electrons. The van der Waals surface area contributed by atoms with Gasteiger partial charge in [0.2, 0.25) is 10.0 Å². The topological polar surface area (TPSA) is 70.0 Å². The monoisotopic (exact) mass is 326 g/mol. The van der Waals surface area contributed by atoms with E-state index in [2.05, 4.69) is 18.6 Å². The summed E-state index contributed by atoms with van der Waals surface area (Å²) in [4.78, 5) is 0.108. The normalized spacial score (nSPS) is 19.1. The van der Waals surface area contributed by atoms with E-state index in [1.807, 2.05) is 6.07 Å². The van der Waals surface area contributed by atoms with Crippen LogP contribution in [0.5, 0.6) is 0 Å². The van der Waals surface area contributed by atoms with Gasteiger partial charge in [0, 0.05) is 6.04 Å². The summed E-state index contributed by atoms with van der Waals surface area (Å²) in [5, 5.41) is 8.98. The second kappa shape index (κ2) is 5.96. The molecule has 4 nitrogen and oxygen atoms in total. The van der Waals surface area contributed by atoms with Crippen molar-refractivity contribution in [1.29, 1.82) is 5.26 Å².